The van der Waals surface area contributed by atoms with Gasteiger partial charge in [-0.25, -0.2) is 0 Å². The first-order chi connectivity index (χ1) is 12.0. The average molecular weight is 362 g/mol. The van der Waals surface area contributed by atoms with E-state index in [1.807, 2.05) is 6.92 Å². The van der Waals surface area contributed by atoms with Gasteiger partial charge >= 0.3 is 0 Å². The SMILES string of the molecule is CCNC(=O)c1cccc(NC(=O)CNc2ccc(OC)c(Cl)c2)c1. The van der Waals surface area contributed by atoms with Gasteiger partial charge in [-0.1, -0.05) is 17.7 Å². The van der Waals surface area contributed by atoms with E-state index < -0.39 is 0 Å². The largest absolute Gasteiger partial charge is 0.495 e. The summed E-state index contributed by atoms with van der Waals surface area (Å²) in [5.41, 5.74) is 1.76. The number of hydrogen-bond donors (Lipinski definition) is 3. The number of benzene rings is 2. The summed E-state index contributed by atoms with van der Waals surface area (Å²) in [6.45, 7) is 2.46. The lowest BCUT2D eigenvalue weighted by molar-refractivity contribution is -0.114. The van der Waals surface area contributed by atoms with Gasteiger partial charge in [0.05, 0.1) is 18.7 Å². The first kappa shape index (κ1) is 18.6. The van der Waals surface area contributed by atoms with Crippen LogP contribution in [0.3, 0.4) is 0 Å². The summed E-state index contributed by atoms with van der Waals surface area (Å²) < 4.78 is 5.08. The first-order valence-electron chi connectivity index (χ1n) is 7.79. The summed E-state index contributed by atoms with van der Waals surface area (Å²) in [5, 5.41) is 8.91. The number of carbonyl (C=O) groups is 2. The standard InChI is InChI=1S/C18H20ClN3O3/c1-3-20-18(24)12-5-4-6-14(9-12)22-17(23)11-21-13-7-8-16(25-2)15(19)10-13/h4-10,21H,3,11H2,1-2H3,(H,20,24)(H,22,23). The first-order valence-corrected chi connectivity index (χ1v) is 8.16. The minimum absolute atomic E-state index is 0.0635. The van der Waals surface area contributed by atoms with Gasteiger partial charge < -0.3 is 20.7 Å². The quantitative estimate of drug-likeness (QED) is 0.707. The zero-order chi connectivity index (χ0) is 18.2. The fraction of sp³-hybridized carbons (Fsp3) is 0.222. The molecule has 0 bridgehead atoms. The van der Waals surface area contributed by atoms with Crippen LogP contribution in [0.5, 0.6) is 5.75 Å². The molecule has 0 fully saturated rings. The maximum absolute atomic E-state index is 12.1. The number of hydrogen-bond acceptors (Lipinski definition) is 4. The zero-order valence-electron chi connectivity index (χ0n) is 14.1. The van der Waals surface area contributed by atoms with Crippen LogP contribution >= 0.6 is 11.6 Å². The van der Waals surface area contributed by atoms with Crippen molar-refractivity contribution in [2.24, 2.45) is 0 Å². The van der Waals surface area contributed by atoms with E-state index in [4.69, 9.17) is 16.3 Å². The third kappa shape index (κ3) is 5.39. The molecule has 0 saturated carbocycles. The van der Waals surface area contributed by atoms with E-state index in [-0.39, 0.29) is 18.4 Å². The topological polar surface area (TPSA) is 79.5 Å². The Morgan fingerprint density at radius 2 is 1.92 bits per heavy atom. The molecule has 0 aliphatic heterocycles. The third-order valence-electron chi connectivity index (χ3n) is 3.35. The third-order valence-corrected chi connectivity index (χ3v) is 3.65. The summed E-state index contributed by atoms with van der Waals surface area (Å²) in [6, 6.07) is 11.9. The number of carbonyl (C=O) groups excluding carboxylic acids is 2. The normalized spacial score (nSPS) is 10.0. The van der Waals surface area contributed by atoms with Gasteiger partial charge in [0.25, 0.3) is 5.91 Å². The number of methoxy groups -OCH3 is 1. The number of rotatable bonds is 7. The van der Waals surface area contributed by atoms with Crippen LogP contribution in [-0.4, -0.2) is 32.0 Å². The van der Waals surface area contributed by atoms with Crippen LogP contribution in [0.1, 0.15) is 17.3 Å². The highest BCUT2D eigenvalue weighted by Gasteiger charge is 2.08. The van der Waals surface area contributed by atoms with E-state index in [0.717, 1.165) is 0 Å². The molecule has 2 amide bonds. The van der Waals surface area contributed by atoms with Crippen molar-refractivity contribution >= 4 is 34.8 Å². The molecule has 0 aliphatic rings. The van der Waals surface area contributed by atoms with Crippen molar-refractivity contribution < 1.29 is 14.3 Å². The van der Waals surface area contributed by atoms with Crippen LogP contribution in [0.25, 0.3) is 0 Å². The van der Waals surface area contributed by atoms with Crippen molar-refractivity contribution in [3.8, 4) is 5.75 Å². The van der Waals surface area contributed by atoms with Crippen molar-refractivity contribution in [3.63, 3.8) is 0 Å². The predicted molar refractivity (Wildman–Crippen MR) is 99.6 cm³/mol. The molecule has 0 saturated heterocycles. The maximum Gasteiger partial charge on any atom is 0.251 e. The van der Waals surface area contributed by atoms with Gasteiger partial charge in [0.15, 0.2) is 0 Å². The van der Waals surface area contributed by atoms with Crippen molar-refractivity contribution in [3.05, 3.63) is 53.1 Å². The molecule has 2 aromatic rings. The summed E-state index contributed by atoms with van der Waals surface area (Å²) in [6.07, 6.45) is 0. The monoisotopic (exact) mass is 361 g/mol. The van der Waals surface area contributed by atoms with Crippen LogP contribution in [0.4, 0.5) is 11.4 Å². The lowest BCUT2D eigenvalue weighted by atomic mass is 10.2. The maximum atomic E-state index is 12.1. The second-order valence-electron chi connectivity index (χ2n) is 5.19. The minimum Gasteiger partial charge on any atom is -0.495 e. The fourth-order valence-corrected chi connectivity index (χ4v) is 2.42. The van der Waals surface area contributed by atoms with E-state index in [1.54, 1.807) is 42.5 Å². The number of anilines is 2. The highest BCUT2D eigenvalue weighted by molar-refractivity contribution is 6.32. The Kier molecular flexibility index (Phi) is 6.65. The highest BCUT2D eigenvalue weighted by Crippen LogP contribution is 2.27. The molecule has 6 nitrogen and oxygen atoms in total. The molecular weight excluding hydrogens is 342 g/mol. The summed E-state index contributed by atoms with van der Waals surface area (Å²) >= 11 is 6.04. The van der Waals surface area contributed by atoms with E-state index in [9.17, 15) is 9.59 Å². The number of ether oxygens (including phenoxy) is 1. The van der Waals surface area contributed by atoms with Crippen LogP contribution < -0.4 is 20.7 Å². The lowest BCUT2D eigenvalue weighted by Gasteiger charge is -2.10. The molecule has 0 spiro atoms. The predicted octanol–water partition coefficient (Wildman–Crippen LogP) is 3.15. The van der Waals surface area contributed by atoms with Crippen LogP contribution in [0.15, 0.2) is 42.5 Å². The molecule has 2 aromatic carbocycles. The molecule has 0 heterocycles. The van der Waals surface area contributed by atoms with Gasteiger partial charge in [0, 0.05) is 23.5 Å². The Labute approximate surface area is 151 Å². The van der Waals surface area contributed by atoms with Gasteiger partial charge in [0.1, 0.15) is 5.75 Å². The molecular formula is C18H20ClN3O3. The molecule has 2 rings (SSSR count). The van der Waals surface area contributed by atoms with Crippen molar-refractivity contribution in [2.45, 2.75) is 6.92 Å². The number of halogens is 1. The Morgan fingerprint density at radius 3 is 2.60 bits per heavy atom. The Hall–Kier alpha value is -2.73. The van der Waals surface area contributed by atoms with Crippen molar-refractivity contribution in [1.82, 2.24) is 5.32 Å². The Balaban J connectivity index is 1.93. The van der Waals surface area contributed by atoms with Gasteiger partial charge in [-0.05, 0) is 43.3 Å². The van der Waals surface area contributed by atoms with Crippen LogP contribution in [0, 0.1) is 0 Å². The van der Waals surface area contributed by atoms with Crippen molar-refractivity contribution in [2.75, 3.05) is 30.8 Å². The second kappa shape index (κ2) is 8.94. The molecule has 3 N–H and O–H groups in total. The average Bonchev–Trinajstić information content (AvgIpc) is 2.60. The van der Waals surface area contributed by atoms with Gasteiger partial charge in [-0.3, -0.25) is 9.59 Å². The Morgan fingerprint density at radius 1 is 1.12 bits per heavy atom. The van der Waals surface area contributed by atoms with E-state index in [1.165, 1.54) is 7.11 Å². The Bertz CT molecular complexity index is 765. The van der Waals surface area contributed by atoms with Crippen molar-refractivity contribution in [1.29, 1.82) is 0 Å². The number of nitrogens with one attached hydrogen (secondary N) is 3. The molecule has 0 aromatic heterocycles. The van der Waals surface area contributed by atoms with E-state index in [0.29, 0.717) is 34.3 Å². The molecule has 25 heavy (non-hydrogen) atoms. The van der Waals surface area contributed by atoms with Gasteiger partial charge in [0.2, 0.25) is 5.91 Å². The molecule has 0 radical (unpaired) electrons. The van der Waals surface area contributed by atoms with Gasteiger partial charge in [-0.15, -0.1) is 0 Å². The highest BCUT2D eigenvalue weighted by atomic mass is 35.5. The summed E-state index contributed by atoms with van der Waals surface area (Å²) in [5.74, 6) is 0.156. The summed E-state index contributed by atoms with van der Waals surface area (Å²) in [4.78, 5) is 23.9. The second-order valence-corrected chi connectivity index (χ2v) is 5.60. The van der Waals surface area contributed by atoms with E-state index in [2.05, 4.69) is 16.0 Å². The van der Waals surface area contributed by atoms with E-state index >= 15 is 0 Å². The lowest BCUT2D eigenvalue weighted by Crippen LogP contribution is -2.24. The van der Waals surface area contributed by atoms with Gasteiger partial charge in [-0.2, -0.15) is 0 Å². The summed E-state index contributed by atoms with van der Waals surface area (Å²) in [7, 11) is 1.54. The van der Waals surface area contributed by atoms with Crippen LogP contribution in [0.2, 0.25) is 5.02 Å². The molecule has 0 unspecified atom stereocenters. The number of amides is 2. The molecule has 0 atom stereocenters. The molecule has 132 valence electrons. The van der Waals surface area contributed by atoms with Crippen LogP contribution in [-0.2, 0) is 4.79 Å². The smallest absolute Gasteiger partial charge is 0.251 e. The zero-order valence-corrected chi connectivity index (χ0v) is 14.8. The fourth-order valence-electron chi connectivity index (χ4n) is 2.16. The molecule has 7 heteroatoms. The molecule has 0 aliphatic carbocycles. The minimum atomic E-state index is -0.236.